The molecule has 1 N–H and O–H groups in total. The van der Waals surface area contributed by atoms with Crippen LogP contribution in [0.15, 0.2) is 78.9 Å². The van der Waals surface area contributed by atoms with E-state index in [2.05, 4.69) is 51.5 Å². The molecule has 9 rings (SSSR count). The molecule has 5 aliphatic rings. The van der Waals surface area contributed by atoms with Crippen molar-refractivity contribution in [3.63, 3.8) is 0 Å². The molecule has 5 amide bonds. The standard InChI is InChI=1S/C44H39ClN6O6/c1-44(2)35-17-27(6-12-37(35)50(43(44)56)31-9-5-28(20-46)36(45)19-31)26-3-7-29(8-4-26)49-21-25(22-49)24-57-32-15-16-48(23-32)30-10-11-33-34(18-30)42(55)51(41(33)54)38-13-14-39(52)47-40(38)53/h3-12,17-19,25,32,38H,13-16,21-24H2,1-2H3,(H,47,52,53). The molecule has 0 aromatic heterocycles. The highest BCUT2D eigenvalue weighted by Gasteiger charge is 2.46. The van der Waals surface area contributed by atoms with Crippen LogP contribution in [0, 0.1) is 17.2 Å². The molecular formula is C44H39ClN6O6. The summed E-state index contributed by atoms with van der Waals surface area (Å²) in [6, 6.07) is 26.0. The highest BCUT2D eigenvalue weighted by atomic mass is 35.5. The Labute approximate surface area is 334 Å². The third-order valence-corrected chi connectivity index (χ3v) is 12.3. The fourth-order valence-corrected chi connectivity index (χ4v) is 8.90. The van der Waals surface area contributed by atoms with Crippen molar-refractivity contribution < 1.29 is 28.7 Å². The molecule has 2 unspecified atom stereocenters. The number of imide groups is 2. The molecule has 0 bridgehead atoms. The van der Waals surface area contributed by atoms with Gasteiger partial charge in [-0.15, -0.1) is 0 Å². The van der Waals surface area contributed by atoms with Crippen molar-refractivity contribution >= 4 is 63.9 Å². The Morgan fingerprint density at radius 3 is 2.26 bits per heavy atom. The maximum atomic E-state index is 13.7. The predicted octanol–water partition coefficient (Wildman–Crippen LogP) is 5.97. The van der Waals surface area contributed by atoms with E-state index in [1.807, 2.05) is 32.0 Å². The van der Waals surface area contributed by atoms with E-state index < -0.39 is 35.1 Å². The van der Waals surface area contributed by atoms with Gasteiger partial charge in [0.1, 0.15) is 12.1 Å². The van der Waals surface area contributed by atoms with Gasteiger partial charge in [0.25, 0.3) is 11.8 Å². The van der Waals surface area contributed by atoms with Crippen LogP contribution in [0.2, 0.25) is 5.02 Å². The molecule has 4 aromatic rings. The lowest BCUT2D eigenvalue weighted by Gasteiger charge is -2.41. The van der Waals surface area contributed by atoms with Gasteiger partial charge in [0.2, 0.25) is 17.7 Å². The lowest BCUT2D eigenvalue weighted by Crippen LogP contribution is -2.54. The minimum atomic E-state index is -0.987. The zero-order valence-corrected chi connectivity index (χ0v) is 32.2. The summed E-state index contributed by atoms with van der Waals surface area (Å²) in [5, 5.41) is 11.8. The van der Waals surface area contributed by atoms with Gasteiger partial charge in [-0.05, 0) is 104 Å². The first-order valence-electron chi connectivity index (χ1n) is 19.2. The number of amides is 5. The number of nitrogens with one attached hydrogen (secondary N) is 1. The summed E-state index contributed by atoms with van der Waals surface area (Å²) in [5.74, 6) is -1.68. The summed E-state index contributed by atoms with van der Waals surface area (Å²) in [4.78, 5) is 71.3. The summed E-state index contributed by atoms with van der Waals surface area (Å²) in [5.41, 5.74) is 6.60. The van der Waals surface area contributed by atoms with E-state index >= 15 is 0 Å². The average molecular weight is 783 g/mol. The molecule has 57 heavy (non-hydrogen) atoms. The van der Waals surface area contributed by atoms with Gasteiger partial charge in [-0.2, -0.15) is 5.26 Å². The molecule has 5 heterocycles. The second-order valence-corrected chi connectivity index (χ2v) is 16.4. The lowest BCUT2D eigenvalue weighted by atomic mass is 9.84. The number of halogens is 1. The number of carbonyl (C=O) groups excluding carboxylic acids is 5. The average Bonchev–Trinajstić information content (AvgIpc) is 3.82. The molecule has 0 spiro atoms. The monoisotopic (exact) mass is 782 g/mol. The van der Waals surface area contributed by atoms with Crippen molar-refractivity contribution in [2.24, 2.45) is 5.92 Å². The van der Waals surface area contributed by atoms with E-state index in [1.54, 1.807) is 35.2 Å². The van der Waals surface area contributed by atoms with Crippen LogP contribution in [0.4, 0.5) is 22.7 Å². The molecule has 13 heteroatoms. The van der Waals surface area contributed by atoms with Crippen LogP contribution >= 0.6 is 11.6 Å². The molecule has 0 saturated carbocycles. The number of fused-ring (bicyclic) bond motifs is 2. The van der Waals surface area contributed by atoms with E-state index in [0.29, 0.717) is 35.3 Å². The zero-order valence-electron chi connectivity index (χ0n) is 31.5. The number of piperidine rings is 1. The summed E-state index contributed by atoms with van der Waals surface area (Å²) in [6.45, 7) is 7.73. The third kappa shape index (κ3) is 6.22. The minimum Gasteiger partial charge on any atom is -0.376 e. The molecule has 3 fully saturated rings. The van der Waals surface area contributed by atoms with Crippen LogP contribution in [0.3, 0.4) is 0 Å². The molecule has 4 aromatic carbocycles. The fraction of sp³-hybridized carbons (Fsp3) is 0.318. The second-order valence-electron chi connectivity index (χ2n) is 16.0. The van der Waals surface area contributed by atoms with Crippen molar-refractivity contribution in [2.75, 3.05) is 47.5 Å². The molecule has 0 radical (unpaired) electrons. The highest BCUT2D eigenvalue weighted by molar-refractivity contribution is 6.32. The molecular weight excluding hydrogens is 744 g/mol. The number of ether oxygens (including phenoxy) is 1. The molecule has 12 nitrogen and oxygen atoms in total. The van der Waals surface area contributed by atoms with Gasteiger partial charge in [-0.3, -0.25) is 39.1 Å². The number of nitrogens with zero attached hydrogens (tertiary/aromatic N) is 5. The summed E-state index contributed by atoms with van der Waals surface area (Å²) < 4.78 is 6.36. The first-order valence-corrected chi connectivity index (χ1v) is 19.6. The van der Waals surface area contributed by atoms with Crippen LogP contribution in [0.1, 0.15) is 65.0 Å². The highest BCUT2D eigenvalue weighted by Crippen LogP contribution is 2.47. The van der Waals surface area contributed by atoms with E-state index in [4.69, 9.17) is 16.3 Å². The van der Waals surface area contributed by atoms with Crippen LogP contribution in [-0.4, -0.2) is 79.4 Å². The van der Waals surface area contributed by atoms with E-state index in [-0.39, 0.29) is 36.0 Å². The normalized spacial score (nSPS) is 21.5. The Morgan fingerprint density at radius 1 is 0.807 bits per heavy atom. The molecule has 0 aliphatic carbocycles. The fourth-order valence-electron chi connectivity index (χ4n) is 8.68. The molecule has 288 valence electrons. The van der Waals surface area contributed by atoms with Crippen molar-refractivity contribution in [3.05, 3.63) is 106 Å². The van der Waals surface area contributed by atoms with Crippen LogP contribution in [-0.2, 0) is 24.5 Å². The molecule has 2 atom stereocenters. The van der Waals surface area contributed by atoms with Gasteiger partial charge in [-0.25, -0.2) is 0 Å². The Bertz CT molecular complexity index is 2440. The maximum absolute atomic E-state index is 13.7. The SMILES string of the molecule is CC1(C)C(=O)N(c2ccc(C#N)c(Cl)c2)c2ccc(-c3ccc(N4CC(COC5CCN(c6ccc7c(c6)C(=O)N(C6CCC(=O)NC6=O)C7=O)C5)C4)cc3)cc21. The Balaban J connectivity index is 0.783. The molecule has 3 saturated heterocycles. The third-order valence-electron chi connectivity index (χ3n) is 12.0. The van der Waals surface area contributed by atoms with Crippen molar-refractivity contribution in [1.82, 2.24) is 10.2 Å². The van der Waals surface area contributed by atoms with Gasteiger partial charge in [-0.1, -0.05) is 29.8 Å². The summed E-state index contributed by atoms with van der Waals surface area (Å²) in [6.07, 6.45) is 1.10. The number of nitriles is 1. The van der Waals surface area contributed by atoms with Crippen LogP contribution in [0.5, 0.6) is 0 Å². The van der Waals surface area contributed by atoms with Crippen molar-refractivity contribution in [3.8, 4) is 17.2 Å². The van der Waals surface area contributed by atoms with Crippen molar-refractivity contribution in [1.29, 1.82) is 5.26 Å². The quantitative estimate of drug-likeness (QED) is 0.214. The number of hydrogen-bond acceptors (Lipinski definition) is 9. The lowest BCUT2D eigenvalue weighted by molar-refractivity contribution is -0.136. The van der Waals surface area contributed by atoms with E-state index in [1.165, 1.54) is 0 Å². The number of rotatable bonds is 8. The van der Waals surface area contributed by atoms with Gasteiger partial charge >= 0.3 is 0 Å². The number of carbonyl (C=O) groups is 5. The van der Waals surface area contributed by atoms with Gasteiger partial charge < -0.3 is 14.5 Å². The zero-order chi connectivity index (χ0) is 39.7. The first-order chi connectivity index (χ1) is 27.4. The summed E-state index contributed by atoms with van der Waals surface area (Å²) in [7, 11) is 0. The predicted molar refractivity (Wildman–Crippen MR) is 214 cm³/mol. The Hall–Kier alpha value is -6.03. The summed E-state index contributed by atoms with van der Waals surface area (Å²) >= 11 is 6.33. The maximum Gasteiger partial charge on any atom is 0.262 e. The van der Waals surface area contributed by atoms with Crippen LogP contribution in [0.25, 0.3) is 11.1 Å². The smallest absolute Gasteiger partial charge is 0.262 e. The van der Waals surface area contributed by atoms with Crippen LogP contribution < -0.4 is 20.0 Å². The van der Waals surface area contributed by atoms with E-state index in [0.717, 1.165) is 64.7 Å². The van der Waals surface area contributed by atoms with Gasteiger partial charge in [0, 0.05) is 49.9 Å². The Morgan fingerprint density at radius 2 is 1.53 bits per heavy atom. The number of anilines is 4. The molecule has 5 aliphatic heterocycles. The number of benzene rings is 4. The topological polar surface area (TPSA) is 143 Å². The van der Waals surface area contributed by atoms with Gasteiger partial charge in [0.15, 0.2) is 0 Å². The first kappa shape index (κ1) is 36.6. The van der Waals surface area contributed by atoms with E-state index in [9.17, 15) is 29.2 Å². The minimum absolute atomic E-state index is 0.0467. The largest absolute Gasteiger partial charge is 0.376 e. The Kier molecular flexibility index (Phi) is 8.90. The second kappa shape index (κ2) is 13.9. The number of hydrogen-bond donors (Lipinski definition) is 1. The van der Waals surface area contributed by atoms with Gasteiger partial charge in [0.05, 0.1) is 51.2 Å². The van der Waals surface area contributed by atoms with Crippen molar-refractivity contribution in [2.45, 2.75) is 50.7 Å².